The minimum atomic E-state index is -1.37. The van der Waals surface area contributed by atoms with Crippen LogP contribution in [0.25, 0.3) is 0 Å². The molecular weight excluding hydrogens is 175 g/mol. The van der Waals surface area contributed by atoms with Crippen molar-refractivity contribution in [1.29, 1.82) is 0 Å². The Kier molecular flexibility index (Phi) is 2.41. The predicted molar refractivity (Wildman–Crippen MR) is 43.5 cm³/mol. The largest absolute Gasteiger partial charge is 0.478 e. The van der Waals surface area contributed by atoms with Gasteiger partial charge in [0.05, 0.1) is 5.56 Å². The van der Waals surface area contributed by atoms with E-state index in [1.54, 1.807) is 0 Å². The second-order valence-corrected chi connectivity index (χ2v) is 2.62. The van der Waals surface area contributed by atoms with Gasteiger partial charge in [-0.25, -0.2) is 9.18 Å². The van der Waals surface area contributed by atoms with Crippen LogP contribution in [0, 0.1) is 12.7 Å². The molecule has 0 radical (unpaired) electrons. The Morgan fingerprint density at radius 3 is 2.62 bits per heavy atom. The normalized spacial score (nSPS) is 9.69. The first-order valence-electron chi connectivity index (χ1n) is 3.55. The van der Waals surface area contributed by atoms with Crippen molar-refractivity contribution in [3.8, 4) is 0 Å². The van der Waals surface area contributed by atoms with Gasteiger partial charge in [0, 0.05) is 5.56 Å². The van der Waals surface area contributed by atoms with Crippen molar-refractivity contribution < 1.29 is 19.1 Å². The Hall–Kier alpha value is -1.71. The molecule has 0 atom stereocenters. The lowest BCUT2D eigenvalue weighted by atomic mass is 10.1. The van der Waals surface area contributed by atoms with Crippen LogP contribution in [-0.2, 0) is 0 Å². The van der Waals surface area contributed by atoms with Crippen LogP contribution in [0.2, 0.25) is 0 Å². The zero-order valence-corrected chi connectivity index (χ0v) is 6.87. The maximum atomic E-state index is 13.1. The molecule has 0 aliphatic carbocycles. The lowest BCUT2D eigenvalue weighted by Gasteiger charge is -2.01. The van der Waals surface area contributed by atoms with Crippen LogP contribution in [0.15, 0.2) is 12.1 Å². The van der Waals surface area contributed by atoms with E-state index in [-0.39, 0.29) is 11.1 Å². The molecule has 3 nitrogen and oxygen atoms in total. The molecule has 0 aromatic heterocycles. The van der Waals surface area contributed by atoms with Crippen molar-refractivity contribution in [2.45, 2.75) is 6.92 Å². The van der Waals surface area contributed by atoms with Gasteiger partial charge in [0.1, 0.15) is 12.1 Å². The van der Waals surface area contributed by atoms with Crippen LogP contribution in [0.3, 0.4) is 0 Å². The maximum absolute atomic E-state index is 13.1. The molecule has 0 amide bonds. The molecule has 0 aliphatic heterocycles. The summed E-state index contributed by atoms with van der Waals surface area (Å²) in [6.07, 6.45) is 0.485. The number of aldehydes is 1. The van der Waals surface area contributed by atoms with Gasteiger partial charge in [-0.1, -0.05) is 0 Å². The minimum Gasteiger partial charge on any atom is -0.478 e. The fraction of sp³-hybridized carbons (Fsp3) is 0.111. The standard InChI is InChI=1S/C9H7FO3/c1-5-2-6(4-11)3-7(8(5)10)9(12)13/h2-4H,1H3,(H,12,13). The Bertz CT molecular complexity index is 371. The molecular formula is C9H7FO3. The Morgan fingerprint density at radius 1 is 1.54 bits per heavy atom. The fourth-order valence-electron chi connectivity index (χ4n) is 1.02. The Morgan fingerprint density at radius 2 is 2.15 bits per heavy atom. The monoisotopic (exact) mass is 182 g/mol. The summed E-state index contributed by atoms with van der Waals surface area (Å²) in [6.45, 7) is 1.41. The number of carbonyl (C=O) groups excluding carboxylic acids is 1. The van der Waals surface area contributed by atoms with Gasteiger partial charge < -0.3 is 5.11 Å². The highest BCUT2D eigenvalue weighted by molar-refractivity contribution is 5.90. The number of benzene rings is 1. The zero-order valence-electron chi connectivity index (χ0n) is 6.87. The van der Waals surface area contributed by atoms with Gasteiger partial charge in [0.25, 0.3) is 0 Å². The van der Waals surface area contributed by atoms with Crippen LogP contribution in [0.5, 0.6) is 0 Å². The third-order valence-electron chi connectivity index (χ3n) is 1.64. The van der Waals surface area contributed by atoms with Gasteiger partial charge in [-0.15, -0.1) is 0 Å². The van der Waals surface area contributed by atoms with E-state index in [0.29, 0.717) is 6.29 Å². The second kappa shape index (κ2) is 3.35. The predicted octanol–water partition coefficient (Wildman–Crippen LogP) is 1.64. The van der Waals surface area contributed by atoms with Crippen molar-refractivity contribution in [3.63, 3.8) is 0 Å². The molecule has 1 N–H and O–H groups in total. The molecule has 1 aromatic rings. The van der Waals surface area contributed by atoms with Crippen LogP contribution in [-0.4, -0.2) is 17.4 Å². The Labute approximate surface area is 73.8 Å². The summed E-state index contributed by atoms with van der Waals surface area (Å²) in [6, 6.07) is 2.31. The summed E-state index contributed by atoms with van der Waals surface area (Å²) in [4.78, 5) is 20.8. The highest BCUT2D eigenvalue weighted by Crippen LogP contribution is 2.14. The Balaban J connectivity index is 3.41. The van der Waals surface area contributed by atoms with Gasteiger partial charge in [-0.05, 0) is 24.6 Å². The number of carboxylic acid groups (broad SMARTS) is 1. The van der Waals surface area contributed by atoms with Gasteiger partial charge in [0.2, 0.25) is 0 Å². The first-order valence-corrected chi connectivity index (χ1v) is 3.55. The average molecular weight is 182 g/mol. The highest BCUT2D eigenvalue weighted by Gasteiger charge is 2.13. The molecule has 68 valence electrons. The number of hydrogen-bond donors (Lipinski definition) is 1. The van der Waals surface area contributed by atoms with Crippen LogP contribution in [0.1, 0.15) is 26.3 Å². The van der Waals surface area contributed by atoms with Crippen molar-refractivity contribution in [2.24, 2.45) is 0 Å². The van der Waals surface area contributed by atoms with Crippen LogP contribution < -0.4 is 0 Å². The van der Waals surface area contributed by atoms with E-state index in [0.717, 1.165) is 6.07 Å². The SMILES string of the molecule is Cc1cc(C=O)cc(C(=O)O)c1F. The summed E-state index contributed by atoms with van der Waals surface area (Å²) in [5, 5.41) is 8.55. The first kappa shape index (κ1) is 9.38. The summed E-state index contributed by atoms with van der Waals surface area (Å²) >= 11 is 0. The van der Waals surface area contributed by atoms with E-state index in [9.17, 15) is 14.0 Å². The molecule has 0 aliphatic rings. The van der Waals surface area contributed by atoms with E-state index in [1.807, 2.05) is 0 Å². The number of carbonyl (C=O) groups is 2. The van der Waals surface area contributed by atoms with E-state index < -0.39 is 17.3 Å². The molecule has 1 rings (SSSR count). The molecule has 0 saturated carbocycles. The third kappa shape index (κ3) is 1.72. The maximum Gasteiger partial charge on any atom is 0.338 e. The number of aryl methyl sites for hydroxylation is 1. The van der Waals surface area contributed by atoms with Crippen molar-refractivity contribution in [2.75, 3.05) is 0 Å². The molecule has 0 heterocycles. The summed E-state index contributed by atoms with van der Waals surface area (Å²) in [7, 11) is 0. The van der Waals surface area contributed by atoms with Crippen LogP contribution in [0.4, 0.5) is 4.39 Å². The second-order valence-electron chi connectivity index (χ2n) is 2.62. The smallest absolute Gasteiger partial charge is 0.338 e. The lowest BCUT2D eigenvalue weighted by molar-refractivity contribution is 0.0691. The van der Waals surface area contributed by atoms with Gasteiger partial charge in [-0.3, -0.25) is 4.79 Å². The van der Waals surface area contributed by atoms with Crippen molar-refractivity contribution in [3.05, 3.63) is 34.6 Å². The number of rotatable bonds is 2. The molecule has 0 unspecified atom stereocenters. The third-order valence-corrected chi connectivity index (χ3v) is 1.64. The molecule has 0 fully saturated rings. The summed E-state index contributed by atoms with van der Waals surface area (Å²) in [5.41, 5.74) is -0.152. The number of aromatic carboxylic acids is 1. The van der Waals surface area contributed by atoms with E-state index in [1.165, 1.54) is 13.0 Å². The van der Waals surface area contributed by atoms with Gasteiger partial charge in [-0.2, -0.15) is 0 Å². The molecule has 0 spiro atoms. The number of carboxylic acids is 1. The molecule has 0 saturated heterocycles. The van der Waals surface area contributed by atoms with Crippen molar-refractivity contribution >= 4 is 12.3 Å². The number of hydrogen-bond acceptors (Lipinski definition) is 2. The molecule has 1 aromatic carbocycles. The molecule has 13 heavy (non-hydrogen) atoms. The van der Waals surface area contributed by atoms with Gasteiger partial charge >= 0.3 is 5.97 Å². The summed E-state index contributed by atoms with van der Waals surface area (Å²) < 4.78 is 13.1. The quantitative estimate of drug-likeness (QED) is 0.707. The van der Waals surface area contributed by atoms with Crippen LogP contribution >= 0.6 is 0 Å². The highest BCUT2D eigenvalue weighted by atomic mass is 19.1. The van der Waals surface area contributed by atoms with E-state index in [4.69, 9.17) is 5.11 Å². The fourth-order valence-corrected chi connectivity index (χ4v) is 1.02. The summed E-state index contributed by atoms with van der Waals surface area (Å²) in [5.74, 6) is -2.16. The zero-order chi connectivity index (χ0) is 10.0. The average Bonchev–Trinajstić information content (AvgIpc) is 2.09. The minimum absolute atomic E-state index is 0.155. The topological polar surface area (TPSA) is 54.4 Å². The lowest BCUT2D eigenvalue weighted by Crippen LogP contribution is -2.03. The molecule has 0 bridgehead atoms. The number of halogens is 1. The van der Waals surface area contributed by atoms with E-state index >= 15 is 0 Å². The molecule has 4 heteroatoms. The van der Waals surface area contributed by atoms with E-state index in [2.05, 4.69) is 0 Å². The van der Waals surface area contributed by atoms with Crippen molar-refractivity contribution in [1.82, 2.24) is 0 Å². The first-order chi connectivity index (χ1) is 6.06. The van der Waals surface area contributed by atoms with Gasteiger partial charge in [0.15, 0.2) is 0 Å².